The number of likely N-dealkylation sites (tertiary alicyclic amines) is 1. The summed E-state index contributed by atoms with van der Waals surface area (Å²) in [6, 6.07) is 0.738. The minimum absolute atomic E-state index is 0.606. The Kier molecular flexibility index (Phi) is 8.03. The molecule has 0 aromatic heterocycles. The van der Waals surface area contributed by atoms with Gasteiger partial charge in [-0.3, -0.25) is 4.90 Å². The Morgan fingerprint density at radius 3 is 2.17 bits per heavy atom. The average molecular weight is 338 g/mol. The lowest BCUT2D eigenvalue weighted by Gasteiger charge is -2.43. The van der Waals surface area contributed by atoms with Crippen molar-refractivity contribution < 1.29 is 0 Å². The molecule has 0 atom stereocenters. The van der Waals surface area contributed by atoms with Crippen molar-refractivity contribution in [1.29, 1.82) is 0 Å². The molecule has 3 rings (SSSR count). The van der Waals surface area contributed by atoms with E-state index in [0.717, 1.165) is 12.0 Å². The Bertz CT molecular complexity index is 343. The maximum absolute atomic E-state index is 2.80. The first-order chi connectivity index (χ1) is 11.6. The maximum Gasteiger partial charge on any atom is 0.0338 e. The number of piperazine rings is 1. The predicted octanol–water partition coefficient (Wildman–Crippen LogP) is 4.08. The van der Waals surface area contributed by atoms with E-state index in [-0.39, 0.29) is 0 Å². The fourth-order valence-corrected chi connectivity index (χ4v) is 4.65. The third kappa shape index (κ3) is 5.19. The summed E-state index contributed by atoms with van der Waals surface area (Å²) in [6.45, 7) is 20.3. The zero-order chi connectivity index (χ0) is 17.6. The van der Waals surface area contributed by atoms with Crippen molar-refractivity contribution >= 4 is 0 Å². The van der Waals surface area contributed by atoms with Gasteiger partial charge in [0.25, 0.3) is 0 Å². The monoisotopic (exact) mass is 337 g/mol. The van der Waals surface area contributed by atoms with Crippen LogP contribution in [0.5, 0.6) is 0 Å². The van der Waals surface area contributed by atoms with Crippen molar-refractivity contribution in [2.24, 2.45) is 5.92 Å². The number of piperidine rings is 1. The van der Waals surface area contributed by atoms with Gasteiger partial charge in [-0.2, -0.15) is 0 Å². The van der Waals surface area contributed by atoms with Crippen molar-refractivity contribution in [3.8, 4) is 0 Å². The molecule has 0 N–H and O–H groups in total. The standard InChI is InChI=1S/C19H37N3.C2H6/c1-4-10-22-15-14-20(16-19(22)8-9-19)11-5-18-6-12-21(13-7-18)17(2)3;1-2/h17-18H,4-16H2,1-3H3;1-2H3. The van der Waals surface area contributed by atoms with Crippen LogP contribution in [0.3, 0.4) is 0 Å². The highest BCUT2D eigenvalue weighted by atomic mass is 15.3. The molecule has 0 bridgehead atoms. The molecule has 24 heavy (non-hydrogen) atoms. The summed E-state index contributed by atoms with van der Waals surface area (Å²) in [5.74, 6) is 0.985. The summed E-state index contributed by atoms with van der Waals surface area (Å²) in [7, 11) is 0. The predicted molar refractivity (Wildman–Crippen MR) is 106 cm³/mol. The molecule has 3 nitrogen and oxygen atoms in total. The molecule has 1 saturated carbocycles. The fraction of sp³-hybridized carbons (Fsp3) is 1.00. The normalized spacial score (nSPS) is 25.8. The van der Waals surface area contributed by atoms with Crippen molar-refractivity contribution in [1.82, 2.24) is 14.7 Å². The molecule has 0 radical (unpaired) electrons. The molecular formula is C21H43N3. The second kappa shape index (κ2) is 9.54. The summed E-state index contributed by atoms with van der Waals surface area (Å²) < 4.78 is 0. The molecule has 0 aromatic carbocycles. The summed E-state index contributed by atoms with van der Waals surface area (Å²) in [4.78, 5) is 8.23. The van der Waals surface area contributed by atoms with Gasteiger partial charge in [-0.25, -0.2) is 0 Å². The number of nitrogens with zero attached hydrogens (tertiary/aromatic N) is 3. The average Bonchev–Trinajstić information content (AvgIpc) is 3.37. The van der Waals surface area contributed by atoms with Crippen LogP contribution in [0.2, 0.25) is 0 Å². The van der Waals surface area contributed by atoms with Crippen LogP contribution in [-0.2, 0) is 0 Å². The van der Waals surface area contributed by atoms with Crippen LogP contribution < -0.4 is 0 Å². The molecule has 0 amide bonds. The SMILES string of the molecule is CC.CCCN1CCN(CCC2CCN(C(C)C)CC2)CC12CC2. The van der Waals surface area contributed by atoms with Gasteiger partial charge < -0.3 is 9.80 Å². The van der Waals surface area contributed by atoms with Crippen LogP contribution in [-0.4, -0.2) is 72.1 Å². The van der Waals surface area contributed by atoms with Gasteiger partial charge in [-0.05, 0) is 84.5 Å². The van der Waals surface area contributed by atoms with Crippen LogP contribution in [0.1, 0.15) is 73.1 Å². The molecule has 2 saturated heterocycles. The van der Waals surface area contributed by atoms with Crippen LogP contribution in [0.15, 0.2) is 0 Å². The largest absolute Gasteiger partial charge is 0.301 e. The summed E-state index contributed by atoms with van der Waals surface area (Å²) >= 11 is 0. The van der Waals surface area contributed by atoms with E-state index in [1.807, 2.05) is 13.8 Å². The highest BCUT2D eigenvalue weighted by Gasteiger charge is 2.50. The molecule has 142 valence electrons. The zero-order valence-electron chi connectivity index (χ0n) is 17.2. The Labute approximate surface area is 151 Å². The van der Waals surface area contributed by atoms with E-state index in [0.29, 0.717) is 5.54 Å². The number of rotatable bonds is 6. The van der Waals surface area contributed by atoms with Gasteiger partial charge in [-0.15, -0.1) is 0 Å². The Morgan fingerprint density at radius 1 is 0.958 bits per heavy atom. The third-order valence-corrected chi connectivity index (χ3v) is 6.43. The molecule has 2 heterocycles. The molecule has 3 heteroatoms. The first kappa shape index (κ1) is 20.2. The number of hydrogen-bond acceptors (Lipinski definition) is 3. The minimum Gasteiger partial charge on any atom is -0.301 e. The Hall–Kier alpha value is -0.120. The highest BCUT2D eigenvalue weighted by molar-refractivity contribution is 5.08. The zero-order valence-corrected chi connectivity index (χ0v) is 17.2. The van der Waals surface area contributed by atoms with Gasteiger partial charge in [0.05, 0.1) is 0 Å². The quantitative estimate of drug-likeness (QED) is 0.723. The third-order valence-electron chi connectivity index (χ3n) is 6.43. The van der Waals surface area contributed by atoms with Gasteiger partial charge >= 0.3 is 0 Å². The van der Waals surface area contributed by atoms with Gasteiger partial charge in [0, 0.05) is 31.2 Å². The lowest BCUT2D eigenvalue weighted by atomic mass is 9.92. The van der Waals surface area contributed by atoms with Crippen molar-refractivity contribution in [2.45, 2.75) is 84.7 Å². The van der Waals surface area contributed by atoms with Crippen LogP contribution in [0.25, 0.3) is 0 Å². The molecule has 3 fully saturated rings. The Balaban J connectivity index is 0.00000100. The van der Waals surface area contributed by atoms with Crippen LogP contribution in [0.4, 0.5) is 0 Å². The van der Waals surface area contributed by atoms with E-state index >= 15 is 0 Å². The van der Waals surface area contributed by atoms with Crippen molar-refractivity contribution in [2.75, 3.05) is 45.8 Å². The first-order valence-corrected chi connectivity index (χ1v) is 10.8. The molecule has 1 aliphatic carbocycles. The molecule has 0 aromatic rings. The van der Waals surface area contributed by atoms with Crippen LogP contribution in [0, 0.1) is 5.92 Å². The fourth-order valence-electron chi connectivity index (χ4n) is 4.65. The van der Waals surface area contributed by atoms with Crippen LogP contribution >= 0.6 is 0 Å². The van der Waals surface area contributed by atoms with Gasteiger partial charge in [0.1, 0.15) is 0 Å². The summed E-state index contributed by atoms with van der Waals surface area (Å²) in [6.07, 6.45) is 8.52. The minimum atomic E-state index is 0.606. The maximum atomic E-state index is 2.80. The molecule has 0 unspecified atom stereocenters. The first-order valence-electron chi connectivity index (χ1n) is 10.8. The molecule has 3 aliphatic rings. The summed E-state index contributed by atoms with van der Waals surface area (Å²) in [5.41, 5.74) is 0.606. The molecular weight excluding hydrogens is 294 g/mol. The summed E-state index contributed by atoms with van der Waals surface area (Å²) in [5, 5.41) is 0. The molecule has 2 aliphatic heterocycles. The lowest BCUT2D eigenvalue weighted by Crippen LogP contribution is -2.55. The number of hydrogen-bond donors (Lipinski definition) is 0. The van der Waals surface area contributed by atoms with Gasteiger partial charge in [0.2, 0.25) is 0 Å². The van der Waals surface area contributed by atoms with E-state index < -0.39 is 0 Å². The topological polar surface area (TPSA) is 9.72 Å². The van der Waals surface area contributed by atoms with E-state index in [1.54, 1.807) is 0 Å². The van der Waals surface area contributed by atoms with Gasteiger partial charge in [-0.1, -0.05) is 20.8 Å². The molecule has 1 spiro atoms. The van der Waals surface area contributed by atoms with E-state index in [1.165, 1.54) is 84.3 Å². The van der Waals surface area contributed by atoms with Crippen molar-refractivity contribution in [3.63, 3.8) is 0 Å². The van der Waals surface area contributed by atoms with E-state index in [9.17, 15) is 0 Å². The highest BCUT2D eigenvalue weighted by Crippen LogP contribution is 2.44. The lowest BCUT2D eigenvalue weighted by molar-refractivity contribution is 0.0524. The van der Waals surface area contributed by atoms with Gasteiger partial charge in [0.15, 0.2) is 0 Å². The smallest absolute Gasteiger partial charge is 0.0338 e. The van der Waals surface area contributed by atoms with E-state index in [4.69, 9.17) is 0 Å². The second-order valence-corrected chi connectivity index (χ2v) is 8.35. The van der Waals surface area contributed by atoms with E-state index in [2.05, 4.69) is 35.5 Å². The van der Waals surface area contributed by atoms with Crippen molar-refractivity contribution in [3.05, 3.63) is 0 Å². The Morgan fingerprint density at radius 2 is 1.62 bits per heavy atom. The second-order valence-electron chi connectivity index (χ2n) is 8.35.